The van der Waals surface area contributed by atoms with Crippen molar-refractivity contribution in [3.05, 3.63) is 89.7 Å². The number of esters is 1. The third-order valence-corrected chi connectivity index (χ3v) is 3.95. The fourth-order valence-corrected chi connectivity index (χ4v) is 2.71. The van der Waals surface area contributed by atoms with E-state index in [0.717, 1.165) is 5.56 Å². The first kappa shape index (κ1) is 19.6. The molecule has 0 N–H and O–H groups in total. The van der Waals surface area contributed by atoms with Crippen molar-refractivity contribution in [2.45, 2.75) is 33.0 Å². The van der Waals surface area contributed by atoms with Crippen LogP contribution in [0.1, 0.15) is 36.7 Å². The van der Waals surface area contributed by atoms with Crippen LogP contribution in [0.25, 0.3) is 11.1 Å². The second kappa shape index (κ2) is 8.26. The van der Waals surface area contributed by atoms with Crippen molar-refractivity contribution in [2.24, 2.45) is 0 Å². The Morgan fingerprint density at radius 3 is 2.32 bits per heavy atom. The number of hydrogen-bond acceptors (Lipinski definition) is 3. The van der Waals surface area contributed by atoms with Crippen molar-refractivity contribution in [1.29, 1.82) is 0 Å². The molecule has 0 fully saturated rings. The van der Waals surface area contributed by atoms with Crippen molar-refractivity contribution in [2.75, 3.05) is 0 Å². The first-order chi connectivity index (χ1) is 13.3. The molecule has 0 saturated heterocycles. The molecule has 0 aliphatic rings. The molecule has 0 unspecified atom stereocenters. The topological polar surface area (TPSA) is 35.5 Å². The Balaban J connectivity index is 1.94. The van der Waals surface area contributed by atoms with E-state index in [0.29, 0.717) is 29.0 Å². The highest BCUT2D eigenvalue weighted by atomic mass is 19.1. The first-order valence-electron chi connectivity index (χ1n) is 9.11. The molecule has 3 nitrogen and oxygen atoms in total. The highest BCUT2D eigenvalue weighted by molar-refractivity contribution is 5.92. The zero-order valence-electron chi connectivity index (χ0n) is 16.2. The Kier molecular flexibility index (Phi) is 5.78. The summed E-state index contributed by atoms with van der Waals surface area (Å²) in [7, 11) is 0. The maximum Gasteiger partial charge on any atom is 0.338 e. The SMILES string of the molecule is CC(C)(C)OC(=O)c1cc(OCc2ccccc2)cc(-c2cccc(F)c2)c1. The van der Waals surface area contributed by atoms with Crippen LogP contribution < -0.4 is 4.74 Å². The first-order valence-corrected chi connectivity index (χ1v) is 9.11. The summed E-state index contributed by atoms with van der Waals surface area (Å²) in [6, 6.07) is 21.1. The lowest BCUT2D eigenvalue weighted by Gasteiger charge is -2.20. The predicted molar refractivity (Wildman–Crippen MR) is 108 cm³/mol. The Morgan fingerprint density at radius 1 is 0.893 bits per heavy atom. The molecule has 0 spiro atoms. The molecule has 3 rings (SSSR count). The van der Waals surface area contributed by atoms with Crippen LogP contribution in [0, 0.1) is 5.82 Å². The Bertz CT molecular complexity index is 959. The Labute approximate surface area is 164 Å². The van der Waals surface area contributed by atoms with E-state index in [1.165, 1.54) is 12.1 Å². The van der Waals surface area contributed by atoms with Gasteiger partial charge in [0.1, 0.15) is 23.8 Å². The normalized spacial score (nSPS) is 11.1. The van der Waals surface area contributed by atoms with Gasteiger partial charge in [-0.2, -0.15) is 0 Å². The monoisotopic (exact) mass is 378 g/mol. The molecule has 0 atom stereocenters. The summed E-state index contributed by atoms with van der Waals surface area (Å²) >= 11 is 0. The number of benzene rings is 3. The van der Waals surface area contributed by atoms with Crippen LogP contribution in [-0.4, -0.2) is 11.6 Å². The minimum atomic E-state index is -0.614. The van der Waals surface area contributed by atoms with Crippen molar-refractivity contribution >= 4 is 5.97 Å². The zero-order chi connectivity index (χ0) is 20.1. The van der Waals surface area contributed by atoms with Crippen LogP contribution in [-0.2, 0) is 11.3 Å². The summed E-state index contributed by atoms with van der Waals surface area (Å²) in [6.45, 7) is 5.80. The molecular weight excluding hydrogens is 355 g/mol. The molecule has 0 heterocycles. The van der Waals surface area contributed by atoms with Gasteiger partial charge in [-0.3, -0.25) is 0 Å². The number of rotatable bonds is 5. The van der Waals surface area contributed by atoms with Crippen LogP contribution in [0.2, 0.25) is 0 Å². The minimum absolute atomic E-state index is 0.341. The van der Waals surface area contributed by atoms with E-state index < -0.39 is 11.6 Å². The number of carbonyl (C=O) groups excluding carboxylic acids is 1. The molecule has 0 amide bonds. The molecule has 0 saturated carbocycles. The molecule has 0 aliphatic carbocycles. The Hall–Kier alpha value is -3.14. The van der Waals surface area contributed by atoms with Crippen LogP contribution in [0.5, 0.6) is 5.75 Å². The fourth-order valence-electron chi connectivity index (χ4n) is 2.71. The van der Waals surface area contributed by atoms with Gasteiger partial charge in [-0.1, -0.05) is 42.5 Å². The third kappa shape index (κ3) is 5.43. The molecule has 3 aromatic rings. The van der Waals surface area contributed by atoms with Gasteiger partial charge < -0.3 is 9.47 Å². The van der Waals surface area contributed by atoms with Gasteiger partial charge in [0, 0.05) is 0 Å². The molecule has 4 heteroatoms. The molecule has 0 radical (unpaired) electrons. The van der Waals surface area contributed by atoms with Crippen molar-refractivity contribution in [3.8, 4) is 16.9 Å². The van der Waals surface area contributed by atoms with Crippen molar-refractivity contribution in [3.63, 3.8) is 0 Å². The Morgan fingerprint density at radius 2 is 1.64 bits per heavy atom. The second-order valence-electron chi connectivity index (χ2n) is 7.53. The summed E-state index contributed by atoms with van der Waals surface area (Å²) in [5.41, 5.74) is 2.11. The number of hydrogen-bond donors (Lipinski definition) is 0. The van der Waals surface area contributed by atoms with Gasteiger partial charge in [-0.05, 0) is 67.8 Å². The molecule has 0 aliphatic heterocycles. The second-order valence-corrected chi connectivity index (χ2v) is 7.53. The largest absolute Gasteiger partial charge is 0.489 e. The fraction of sp³-hybridized carbons (Fsp3) is 0.208. The maximum absolute atomic E-state index is 13.7. The summed E-state index contributed by atoms with van der Waals surface area (Å²) in [4.78, 5) is 12.6. The van der Waals surface area contributed by atoms with E-state index in [9.17, 15) is 9.18 Å². The summed E-state index contributed by atoms with van der Waals surface area (Å²) < 4.78 is 25.1. The lowest BCUT2D eigenvalue weighted by molar-refractivity contribution is 0.00691. The van der Waals surface area contributed by atoms with E-state index in [4.69, 9.17) is 9.47 Å². The van der Waals surface area contributed by atoms with Crippen LogP contribution >= 0.6 is 0 Å². The van der Waals surface area contributed by atoms with Crippen molar-refractivity contribution < 1.29 is 18.7 Å². The molecule has 3 aromatic carbocycles. The summed E-state index contributed by atoms with van der Waals surface area (Å²) in [5, 5.41) is 0. The average molecular weight is 378 g/mol. The highest BCUT2D eigenvalue weighted by Crippen LogP contribution is 2.28. The van der Waals surface area contributed by atoms with Crippen LogP contribution in [0.3, 0.4) is 0 Å². The molecule has 144 valence electrons. The molecule has 28 heavy (non-hydrogen) atoms. The maximum atomic E-state index is 13.7. The highest BCUT2D eigenvalue weighted by Gasteiger charge is 2.19. The molecular formula is C24H23FO3. The molecule has 0 aromatic heterocycles. The van der Waals surface area contributed by atoms with Crippen LogP contribution in [0.4, 0.5) is 4.39 Å². The predicted octanol–water partition coefficient (Wildman–Crippen LogP) is 6.03. The van der Waals surface area contributed by atoms with Gasteiger partial charge in [-0.25, -0.2) is 9.18 Å². The van der Waals surface area contributed by atoms with E-state index in [-0.39, 0.29) is 5.82 Å². The van der Waals surface area contributed by atoms with E-state index >= 15 is 0 Å². The van der Waals surface area contributed by atoms with Gasteiger partial charge in [0.15, 0.2) is 0 Å². The van der Waals surface area contributed by atoms with Gasteiger partial charge in [0.25, 0.3) is 0 Å². The summed E-state index contributed by atoms with van der Waals surface area (Å²) in [6.07, 6.45) is 0. The van der Waals surface area contributed by atoms with Gasteiger partial charge in [0.2, 0.25) is 0 Å². The standard InChI is InChI=1S/C24H23FO3/c1-24(2,3)28-23(26)20-12-19(18-10-7-11-21(25)13-18)14-22(15-20)27-16-17-8-5-4-6-9-17/h4-15H,16H2,1-3H3. The lowest BCUT2D eigenvalue weighted by atomic mass is 10.0. The van der Waals surface area contributed by atoms with Crippen molar-refractivity contribution in [1.82, 2.24) is 0 Å². The number of carbonyl (C=O) groups is 1. The zero-order valence-corrected chi connectivity index (χ0v) is 16.2. The lowest BCUT2D eigenvalue weighted by Crippen LogP contribution is -2.23. The third-order valence-electron chi connectivity index (χ3n) is 3.95. The summed E-state index contributed by atoms with van der Waals surface area (Å²) in [5.74, 6) is -0.270. The average Bonchev–Trinajstić information content (AvgIpc) is 2.66. The van der Waals surface area contributed by atoms with E-state index in [2.05, 4.69) is 0 Å². The smallest absolute Gasteiger partial charge is 0.338 e. The van der Waals surface area contributed by atoms with Gasteiger partial charge in [0.05, 0.1) is 5.56 Å². The van der Waals surface area contributed by atoms with E-state index in [1.54, 1.807) is 30.3 Å². The number of halogens is 1. The van der Waals surface area contributed by atoms with Gasteiger partial charge >= 0.3 is 5.97 Å². The van der Waals surface area contributed by atoms with Gasteiger partial charge in [-0.15, -0.1) is 0 Å². The van der Waals surface area contributed by atoms with E-state index in [1.807, 2.05) is 51.1 Å². The minimum Gasteiger partial charge on any atom is -0.489 e. The number of ether oxygens (including phenoxy) is 2. The quantitative estimate of drug-likeness (QED) is 0.509. The molecule has 0 bridgehead atoms. The van der Waals surface area contributed by atoms with Crippen LogP contribution in [0.15, 0.2) is 72.8 Å².